The Balaban J connectivity index is 2.05. The van der Waals surface area contributed by atoms with Crippen LogP contribution in [0.4, 0.5) is 4.39 Å². The van der Waals surface area contributed by atoms with E-state index in [1.165, 1.54) is 42.5 Å². The molecule has 0 bridgehead atoms. The van der Waals surface area contributed by atoms with Crippen LogP contribution in [-0.2, 0) is 9.84 Å². The van der Waals surface area contributed by atoms with Gasteiger partial charge >= 0.3 is 0 Å². The lowest BCUT2D eigenvalue weighted by Gasteiger charge is -2.04. The van der Waals surface area contributed by atoms with Crippen molar-refractivity contribution in [2.45, 2.75) is 21.6 Å². The molecule has 3 atom stereocenters. The van der Waals surface area contributed by atoms with E-state index in [9.17, 15) is 18.1 Å². The third-order valence-corrected chi connectivity index (χ3v) is 6.57. The molecular formula is C16H12ClFN2O2S. The van der Waals surface area contributed by atoms with Crippen molar-refractivity contribution in [1.29, 1.82) is 5.26 Å². The van der Waals surface area contributed by atoms with Crippen LogP contribution < -0.4 is 5.73 Å². The average molecular weight is 351 g/mol. The van der Waals surface area contributed by atoms with Gasteiger partial charge in [0.2, 0.25) is 0 Å². The molecule has 2 N–H and O–H groups in total. The molecule has 0 amide bonds. The highest BCUT2D eigenvalue weighted by atomic mass is 35.5. The van der Waals surface area contributed by atoms with Crippen LogP contribution in [0.25, 0.3) is 0 Å². The van der Waals surface area contributed by atoms with E-state index in [2.05, 4.69) is 0 Å². The third kappa shape index (κ3) is 2.51. The maximum Gasteiger partial charge on any atom is 0.184 e. The van der Waals surface area contributed by atoms with Gasteiger partial charge in [0.05, 0.1) is 11.0 Å². The molecule has 0 aromatic heterocycles. The molecule has 0 heterocycles. The number of hydrogen-bond acceptors (Lipinski definition) is 4. The van der Waals surface area contributed by atoms with E-state index >= 15 is 0 Å². The SMILES string of the molecule is N#CC1(N)C(c2cccc(F)c2)C1S(=O)(=O)c1ccc(Cl)cc1. The Morgan fingerprint density at radius 1 is 1.22 bits per heavy atom. The normalized spacial score (nSPS) is 26.5. The highest BCUT2D eigenvalue weighted by molar-refractivity contribution is 7.92. The standard InChI is InChI=1S/C16H12ClFN2O2S/c17-11-4-6-13(7-5-11)23(21,22)15-14(16(15,20)9-19)10-2-1-3-12(18)8-10/h1-8,14-15H,20H2. The fourth-order valence-corrected chi connectivity index (χ4v) is 5.17. The van der Waals surface area contributed by atoms with E-state index in [-0.39, 0.29) is 4.90 Å². The lowest BCUT2D eigenvalue weighted by molar-refractivity contribution is 0.591. The first kappa shape index (κ1) is 15.9. The molecule has 0 aliphatic heterocycles. The van der Waals surface area contributed by atoms with Gasteiger partial charge in [-0.25, -0.2) is 12.8 Å². The van der Waals surface area contributed by atoms with Crippen LogP contribution in [0.3, 0.4) is 0 Å². The van der Waals surface area contributed by atoms with Crippen molar-refractivity contribution in [3.05, 3.63) is 64.9 Å². The quantitative estimate of drug-likeness (QED) is 0.922. The largest absolute Gasteiger partial charge is 0.312 e. The lowest BCUT2D eigenvalue weighted by Crippen LogP contribution is -2.29. The van der Waals surface area contributed by atoms with E-state index in [0.717, 1.165) is 0 Å². The van der Waals surface area contributed by atoms with Gasteiger partial charge < -0.3 is 5.73 Å². The highest BCUT2D eigenvalue weighted by Gasteiger charge is 2.70. The van der Waals surface area contributed by atoms with Gasteiger partial charge in [0.1, 0.15) is 16.6 Å². The van der Waals surface area contributed by atoms with Crippen LogP contribution in [0.2, 0.25) is 5.02 Å². The van der Waals surface area contributed by atoms with Crippen LogP contribution in [0.5, 0.6) is 0 Å². The zero-order valence-corrected chi connectivity index (χ0v) is 13.4. The minimum Gasteiger partial charge on any atom is -0.312 e. The summed E-state index contributed by atoms with van der Waals surface area (Å²) in [5.41, 5.74) is 4.80. The summed E-state index contributed by atoms with van der Waals surface area (Å²) in [6, 6.07) is 13.0. The summed E-state index contributed by atoms with van der Waals surface area (Å²) >= 11 is 5.77. The monoisotopic (exact) mass is 350 g/mol. The number of halogens is 2. The number of rotatable bonds is 3. The predicted molar refractivity (Wildman–Crippen MR) is 84.1 cm³/mol. The Kier molecular flexibility index (Phi) is 3.68. The number of sulfone groups is 1. The maximum atomic E-state index is 13.4. The molecule has 118 valence electrons. The average Bonchev–Trinajstić information content (AvgIpc) is 3.15. The first-order chi connectivity index (χ1) is 10.8. The zero-order valence-electron chi connectivity index (χ0n) is 11.8. The molecule has 1 fully saturated rings. The Hall–Kier alpha value is -1.94. The summed E-state index contributed by atoms with van der Waals surface area (Å²) < 4.78 is 39.0. The van der Waals surface area contributed by atoms with Crippen molar-refractivity contribution >= 4 is 21.4 Å². The van der Waals surface area contributed by atoms with Gasteiger partial charge in [0, 0.05) is 10.9 Å². The summed E-state index contributed by atoms with van der Waals surface area (Å²) in [4.78, 5) is 0.0379. The molecule has 7 heteroatoms. The van der Waals surface area contributed by atoms with Gasteiger partial charge in [-0.1, -0.05) is 23.7 Å². The molecule has 0 saturated heterocycles. The lowest BCUT2D eigenvalue weighted by atomic mass is 10.1. The summed E-state index contributed by atoms with van der Waals surface area (Å²) in [6.07, 6.45) is 0. The van der Waals surface area contributed by atoms with Crippen molar-refractivity contribution in [3.63, 3.8) is 0 Å². The molecule has 23 heavy (non-hydrogen) atoms. The minimum atomic E-state index is -3.84. The first-order valence-corrected chi connectivity index (χ1v) is 8.68. The van der Waals surface area contributed by atoms with Gasteiger partial charge in [0.15, 0.2) is 9.84 Å². The molecule has 3 unspecified atom stereocenters. The van der Waals surface area contributed by atoms with Crippen molar-refractivity contribution in [1.82, 2.24) is 0 Å². The van der Waals surface area contributed by atoms with Crippen molar-refractivity contribution < 1.29 is 12.8 Å². The molecule has 0 spiro atoms. The molecule has 0 radical (unpaired) electrons. The second-order valence-corrected chi connectivity index (χ2v) is 8.00. The molecule has 2 aromatic carbocycles. The van der Waals surface area contributed by atoms with Crippen LogP contribution in [0.1, 0.15) is 11.5 Å². The smallest absolute Gasteiger partial charge is 0.184 e. The van der Waals surface area contributed by atoms with E-state index < -0.39 is 32.4 Å². The van der Waals surface area contributed by atoms with Gasteiger partial charge in [-0.2, -0.15) is 5.26 Å². The van der Waals surface area contributed by atoms with E-state index in [1.807, 2.05) is 6.07 Å². The van der Waals surface area contributed by atoms with E-state index in [0.29, 0.717) is 10.6 Å². The third-order valence-electron chi connectivity index (χ3n) is 4.06. The molecule has 1 saturated carbocycles. The molecule has 1 aliphatic rings. The topological polar surface area (TPSA) is 83.9 Å². The summed E-state index contributed by atoms with van der Waals surface area (Å²) in [7, 11) is -3.84. The van der Waals surface area contributed by atoms with Crippen molar-refractivity contribution in [2.75, 3.05) is 0 Å². The number of nitrogens with zero attached hydrogens (tertiary/aromatic N) is 1. The second-order valence-electron chi connectivity index (χ2n) is 5.50. The Morgan fingerprint density at radius 2 is 1.87 bits per heavy atom. The molecule has 3 rings (SSSR count). The zero-order chi connectivity index (χ0) is 16.8. The minimum absolute atomic E-state index is 0.0379. The van der Waals surface area contributed by atoms with Crippen molar-refractivity contribution in [2.24, 2.45) is 5.73 Å². The second kappa shape index (κ2) is 5.31. The van der Waals surface area contributed by atoms with Gasteiger partial charge in [-0.15, -0.1) is 0 Å². The Bertz CT molecular complexity index is 908. The number of hydrogen-bond donors (Lipinski definition) is 1. The van der Waals surface area contributed by atoms with Crippen LogP contribution in [-0.4, -0.2) is 19.2 Å². The number of nitriles is 1. The van der Waals surface area contributed by atoms with Crippen LogP contribution >= 0.6 is 11.6 Å². The Labute approximate surface area is 138 Å². The molecule has 1 aliphatic carbocycles. The summed E-state index contributed by atoms with van der Waals surface area (Å²) in [5, 5.41) is 8.62. The molecule has 2 aromatic rings. The number of benzene rings is 2. The molecular weight excluding hydrogens is 339 g/mol. The van der Waals surface area contributed by atoms with E-state index in [1.54, 1.807) is 6.07 Å². The summed E-state index contributed by atoms with van der Waals surface area (Å²) in [6.45, 7) is 0. The molecule has 4 nitrogen and oxygen atoms in total. The highest BCUT2D eigenvalue weighted by Crippen LogP contribution is 2.55. The fourth-order valence-electron chi connectivity index (χ4n) is 2.86. The Morgan fingerprint density at radius 3 is 2.43 bits per heavy atom. The van der Waals surface area contributed by atoms with Crippen LogP contribution in [0.15, 0.2) is 53.4 Å². The first-order valence-electron chi connectivity index (χ1n) is 6.76. The van der Waals surface area contributed by atoms with E-state index in [4.69, 9.17) is 17.3 Å². The maximum absolute atomic E-state index is 13.4. The summed E-state index contributed by atoms with van der Waals surface area (Å²) in [5.74, 6) is -1.28. The predicted octanol–water partition coefficient (Wildman–Crippen LogP) is 2.64. The van der Waals surface area contributed by atoms with Crippen LogP contribution in [0, 0.1) is 17.1 Å². The van der Waals surface area contributed by atoms with Gasteiger partial charge in [-0.3, -0.25) is 0 Å². The fraction of sp³-hybridized carbons (Fsp3) is 0.188. The van der Waals surface area contributed by atoms with Gasteiger partial charge in [-0.05, 0) is 42.0 Å². The van der Waals surface area contributed by atoms with Gasteiger partial charge in [0.25, 0.3) is 0 Å². The number of nitrogens with two attached hydrogens (primary N) is 1. The van der Waals surface area contributed by atoms with Crippen molar-refractivity contribution in [3.8, 4) is 6.07 Å².